The van der Waals surface area contributed by atoms with Crippen LogP contribution in [0.25, 0.3) is 0 Å². The standard InChI is InChI=1S/C19H24BClO7/c1-11(22)5-7-13-9-12-6-8-14(21)15(16(12)28-20(13)25)17(23)26-10-27-18(24)19(2,3)4/h6,8,13,25H,5,7,9-10H2,1-4H3/t13-/m0/s1. The molecular formula is C19H24BClO7. The van der Waals surface area contributed by atoms with E-state index in [-0.39, 0.29) is 27.9 Å². The fourth-order valence-electron chi connectivity index (χ4n) is 2.75. The van der Waals surface area contributed by atoms with Crippen molar-refractivity contribution < 1.29 is 33.5 Å². The molecule has 1 atom stereocenters. The fourth-order valence-corrected chi connectivity index (χ4v) is 2.97. The van der Waals surface area contributed by atoms with E-state index in [2.05, 4.69) is 0 Å². The van der Waals surface area contributed by atoms with Gasteiger partial charge in [-0.3, -0.25) is 4.79 Å². The van der Waals surface area contributed by atoms with E-state index >= 15 is 0 Å². The van der Waals surface area contributed by atoms with Crippen LogP contribution in [-0.4, -0.2) is 36.7 Å². The molecule has 0 aromatic heterocycles. The molecule has 1 aromatic carbocycles. The molecule has 0 spiro atoms. The second kappa shape index (κ2) is 8.96. The van der Waals surface area contributed by atoms with Gasteiger partial charge < -0.3 is 23.9 Å². The zero-order valence-electron chi connectivity index (χ0n) is 16.4. The maximum absolute atomic E-state index is 12.5. The number of esters is 2. The number of carbonyl (C=O) groups is 3. The predicted molar refractivity (Wildman–Crippen MR) is 103 cm³/mol. The Labute approximate surface area is 169 Å². The maximum Gasteiger partial charge on any atom is 0.526 e. The first-order valence-corrected chi connectivity index (χ1v) is 9.38. The van der Waals surface area contributed by atoms with Gasteiger partial charge in [0.25, 0.3) is 0 Å². The summed E-state index contributed by atoms with van der Waals surface area (Å²) >= 11 is 6.14. The summed E-state index contributed by atoms with van der Waals surface area (Å²) in [6.45, 7) is 5.97. The molecule has 1 aromatic rings. The van der Waals surface area contributed by atoms with Gasteiger partial charge in [-0.2, -0.15) is 0 Å². The van der Waals surface area contributed by atoms with Crippen LogP contribution in [0.1, 0.15) is 56.5 Å². The van der Waals surface area contributed by atoms with Gasteiger partial charge in [-0.05, 0) is 52.2 Å². The minimum Gasteiger partial charge on any atom is -0.535 e. The van der Waals surface area contributed by atoms with Crippen molar-refractivity contribution in [1.82, 2.24) is 0 Å². The van der Waals surface area contributed by atoms with Gasteiger partial charge in [0.15, 0.2) is 0 Å². The number of ether oxygens (including phenoxy) is 2. The molecule has 0 unspecified atom stereocenters. The quantitative estimate of drug-likeness (QED) is 0.437. The van der Waals surface area contributed by atoms with E-state index in [1.165, 1.54) is 6.92 Å². The van der Waals surface area contributed by atoms with E-state index in [9.17, 15) is 19.4 Å². The SMILES string of the molecule is CC(=O)CC[C@H]1Cc2ccc(Cl)c(C(=O)OCOC(=O)C(C)(C)C)c2OB1O. The Balaban J connectivity index is 2.12. The highest BCUT2D eigenvalue weighted by Gasteiger charge is 2.37. The summed E-state index contributed by atoms with van der Waals surface area (Å²) in [5.74, 6) is -1.43. The largest absolute Gasteiger partial charge is 0.535 e. The van der Waals surface area contributed by atoms with Crippen molar-refractivity contribution >= 4 is 36.4 Å². The number of benzene rings is 1. The van der Waals surface area contributed by atoms with Gasteiger partial charge in [0.2, 0.25) is 6.79 Å². The lowest BCUT2D eigenvalue weighted by Crippen LogP contribution is -2.35. The molecule has 1 aliphatic rings. The van der Waals surface area contributed by atoms with Gasteiger partial charge in [0.1, 0.15) is 17.1 Å². The molecule has 0 amide bonds. The third-order valence-electron chi connectivity index (χ3n) is 4.38. The molecule has 1 N–H and O–H groups in total. The van der Waals surface area contributed by atoms with E-state index in [1.54, 1.807) is 32.9 Å². The minimum absolute atomic E-state index is 0.0307. The molecule has 1 aliphatic heterocycles. The summed E-state index contributed by atoms with van der Waals surface area (Å²) in [5, 5.41) is 10.4. The Hall–Kier alpha value is -2.06. The normalized spacial score (nSPS) is 16.1. The van der Waals surface area contributed by atoms with Crippen LogP contribution < -0.4 is 4.65 Å². The summed E-state index contributed by atoms with van der Waals surface area (Å²) in [6, 6.07) is 3.25. The van der Waals surface area contributed by atoms with Crippen LogP contribution in [0.3, 0.4) is 0 Å². The van der Waals surface area contributed by atoms with Crippen LogP contribution in [0, 0.1) is 5.41 Å². The first-order valence-electron chi connectivity index (χ1n) is 9.00. The lowest BCUT2D eigenvalue weighted by atomic mass is 9.64. The Morgan fingerprint density at radius 2 is 1.96 bits per heavy atom. The number of ketones is 1. The molecule has 2 rings (SSSR count). The number of fused-ring (bicyclic) bond motifs is 1. The number of rotatable bonds is 6. The number of Topliss-reactive ketones (excluding diaryl/α,β-unsaturated/α-hetero) is 1. The highest BCUT2D eigenvalue weighted by Crippen LogP contribution is 2.39. The molecule has 28 heavy (non-hydrogen) atoms. The molecule has 0 radical (unpaired) electrons. The van der Waals surface area contributed by atoms with E-state index in [0.717, 1.165) is 0 Å². The third kappa shape index (κ3) is 5.48. The Bertz CT molecular complexity index is 772. The Kier molecular flexibility index (Phi) is 7.12. The van der Waals surface area contributed by atoms with Gasteiger partial charge in [0, 0.05) is 12.2 Å². The smallest absolute Gasteiger partial charge is 0.526 e. The van der Waals surface area contributed by atoms with E-state index in [1.807, 2.05) is 0 Å². The van der Waals surface area contributed by atoms with Gasteiger partial charge in [-0.1, -0.05) is 17.7 Å². The Morgan fingerprint density at radius 1 is 1.29 bits per heavy atom. The topological polar surface area (TPSA) is 99.1 Å². The summed E-state index contributed by atoms with van der Waals surface area (Å²) < 4.78 is 15.5. The average molecular weight is 411 g/mol. The van der Waals surface area contributed by atoms with Gasteiger partial charge in [-0.25, -0.2) is 4.79 Å². The highest BCUT2D eigenvalue weighted by atomic mass is 35.5. The second-order valence-corrected chi connectivity index (χ2v) is 8.26. The Morgan fingerprint density at radius 3 is 2.57 bits per heavy atom. The number of hydrogen-bond donors (Lipinski definition) is 1. The molecule has 9 heteroatoms. The van der Waals surface area contributed by atoms with E-state index in [4.69, 9.17) is 25.7 Å². The first kappa shape index (κ1) is 22.2. The zero-order valence-corrected chi connectivity index (χ0v) is 17.2. The van der Waals surface area contributed by atoms with Gasteiger partial charge in [-0.15, -0.1) is 0 Å². The number of halogens is 1. The van der Waals surface area contributed by atoms with Crippen LogP contribution in [-0.2, 0) is 25.5 Å². The van der Waals surface area contributed by atoms with E-state index in [0.29, 0.717) is 24.8 Å². The van der Waals surface area contributed by atoms with Crippen molar-refractivity contribution in [2.24, 2.45) is 5.41 Å². The van der Waals surface area contributed by atoms with E-state index < -0.39 is 31.3 Å². The third-order valence-corrected chi connectivity index (χ3v) is 4.69. The lowest BCUT2D eigenvalue weighted by Gasteiger charge is -2.28. The summed E-state index contributed by atoms with van der Waals surface area (Å²) in [7, 11) is -1.17. The molecular weight excluding hydrogens is 386 g/mol. The van der Waals surface area contributed by atoms with Gasteiger partial charge >= 0.3 is 19.1 Å². The minimum atomic E-state index is -1.17. The number of hydrogen-bond acceptors (Lipinski definition) is 7. The van der Waals surface area contributed by atoms with Crippen molar-refractivity contribution in [3.63, 3.8) is 0 Å². The molecule has 1 heterocycles. The molecule has 0 saturated heterocycles. The van der Waals surface area contributed by atoms with Crippen molar-refractivity contribution in [1.29, 1.82) is 0 Å². The summed E-state index contributed by atoms with van der Waals surface area (Å²) in [5.41, 5.74) is -0.0742. The van der Waals surface area contributed by atoms with Crippen LogP contribution >= 0.6 is 11.6 Å². The molecule has 0 fully saturated rings. The first-order chi connectivity index (χ1) is 13.0. The molecule has 0 bridgehead atoms. The van der Waals surface area contributed by atoms with Crippen LogP contribution in [0.4, 0.5) is 0 Å². The summed E-state index contributed by atoms with van der Waals surface area (Å²) in [6.07, 6.45) is 1.24. The van der Waals surface area contributed by atoms with Crippen molar-refractivity contribution in [3.8, 4) is 5.75 Å². The molecule has 0 aliphatic carbocycles. The molecule has 152 valence electrons. The average Bonchev–Trinajstić information content (AvgIpc) is 2.58. The maximum atomic E-state index is 12.5. The zero-order chi connectivity index (χ0) is 21.1. The summed E-state index contributed by atoms with van der Waals surface area (Å²) in [4.78, 5) is 35.4. The predicted octanol–water partition coefficient (Wildman–Crippen LogP) is 3.20. The van der Waals surface area contributed by atoms with Crippen LogP contribution in [0.5, 0.6) is 5.75 Å². The number of carbonyl (C=O) groups excluding carboxylic acids is 3. The van der Waals surface area contributed by atoms with Crippen LogP contribution in [0.15, 0.2) is 12.1 Å². The van der Waals surface area contributed by atoms with Gasteiger partial charge in [0.05, 0.1) is 10.4 Å². The fraction of sp³-hybridized carbons (Fsp3) is 0.526. The van der Waals surface area contributed by atoms with Crippen LogP contribution in [0.2, 0.25) is 10.8 Å². The lowest BCUT2D eigenvalue weighted by molar-refractivity contribution is -0.161. The van der Waals surface area contributed by atoms with Crippen molar-refractivity contribution in [2.75, 3.05) is 6.79 Å². The van der Waals surface area contributed by atoms with Crippen molar-refractivity contribution in [3.05, 3.63) is 28.3 Å². The molecule has 0 saturated carbocycles. The monoisotopic (exact) mass is 410 g/mol. The second-order valence-electron chi connectivity index (χ2n) is 7.86. The van der Waals surface area contributed by atoms with Crippen molar-refractivity contribution in [2.45, 2.75) is 52.8 Å². The molecule has 7 nitrogen and oxygen atoms in total. The highest BCUT2D eigenvalue weighted by molar-refractivity contribution is 6.46.